The molecule has 0 saturated heterocycles. The number of allylic oxidation sites excluding steroid dienone is 2. The maximum atomic E-state index is 3.96. The van der Waals surface area contributed by atoms with Gasteiger partial charge in [-0.15, -0.1) is 0 Å². The fraction of sp³-hybridized carbons (Fsp3) is 0.786. The zero-order valence-electron chi connectivity index (χ0n) is 10.4. The van der Waals surface area contributed by atoms with Gasteiger partial charge in [-0.2, -0.15) is 0 Å². The molecule has 0 saturated carbocycles. The van der Waals surface area contributed by atoms with Crippen molar-refractivity contribution in [2.24, 2.45) is 0 Å². The summed E-state index contributed by atoms with van der Waals surface area (Å²) in [5.74, 6) is 0. The van der Waals surface area contributed by atoms with Crippen molar-refractivity contribution in [2.45, 2.75) is 72.1 Å². The molecule has 0 aliphatic carbocycles. The highest BCUT2D eigenvalue weighted by Crippen LogP contribution is 2.14. The summed E-state index contributed by atoms with van der Waals surface area (Å²) >= 11 is 0. The quantitative estimate of drug-likeness (QED) is 0.461. The lowest BCUT2D eigenvalue weighted by atomic mass is 10.0. The van der Waals surface area contributed by atoms with Gasteiger partial charge in [-0.05, 0) is 33.6 Å². The van der Waals surface area contributed by atoms with E-state index in [2.05, 4.69) is 27.7 Å². The van der Waals surface area contributed by atoms with Crippen LogP contribution in [0.3, 0.4) is 0 Å². The normalized spacial score (nSPS) is 12.9. The van der Waals surface area contributed by atoms with Crippen LogP contribution in [-0.4, -0.2) is 0 Å². The standard InChI is InChI=1S/C14H27/c1-5-6-7-8-9-10-11-12-14(4)13(2)3/h2,5-12H2,1,3-4H3. The molecule has 0 unspecified atom stereocenters. The van der Waals surface area contributed by atoms with Crippen LogP contribution in [0, 0.1) is 6.92 Å². The average Bonchev–Trinajstić information content (AvgIpc) is 2.16. The molecule has 0 spiro atoms. The van der Waals surface area contributed by atoms with Crippen LogP contribution in [0.2, 0.25) is 0 Å². The van der Waals surface area contributed by atoms with E-state index >= 15 is 0 Å². The van der Waals surface area contributed by atoms with Crippen molar-refractivity contribution < 1.29 is 0 Å². The van der Waals surface area contributed by atoms with Crippen molar-refractivity contribution in [2.75, 3.05) is 0 Å². The molecule has 0 heterocycles. The molecule has 0 nitrogen and oxygen atoms in total. The predicted octanol–water partition coefficient (Wildman–Crippen LogP) is 5.30. The number of hydrogen-bond acceptors (Lipinski definition) is 0. The fourth-order valence-corrected chi connectivity index (χ4v) is 1.56. The highest BCUT2D eigenvalue weighted by atomic mass is 14.0. The zero-order chi connectivity index (χ0) is 10.8. The molecule has 0 rings (SSSR count). The van der Waals surface area contributed by atoms with Crippen LogP contribution in [-0.2, 0) is 0 Å². The summed E-state index contributed by atoms with van der Waals surface area (Å²) in [6, 6.07) is 0. The van der Waals surface area contributed by atoms with Gasteiger partial charge in [0.25, 0.3) is 0 Å². The molecule has 0 aromatic carbocycles. The molecular formula is C14H27. The Hall–Kier alpha value is -0.260. The minimum Gasteiger partial charge on any atom is -0.0744 e. The average molecular weight is 195 g/mol. The molecule has 0 aliphatic rings. The van der Waals surface area contributed by atoms with Gasteiger partial charge in [0.15, 0.2) is 0 Å². The summed E-state index contributed by atoms with van der Waals surface area (Å²) in [4.78, 5) is 0. The highest BCUT2D eigenvalue weighted by Gasteiger charge is 1.94. The van der Waals surface area contributed by atoms with Crippen LogP contribution >= 0.6 is 0 Å². The topological polar surface area (TPSA) is 0 Å². The highest BCUT2D eigenvalue weighted by molar-refractivity contribution is 5.11. The van der Waals surface area contributed by atoms with Crippen molar-refractivity contribution in [3.05, 3.63) is 18.1 Å². The van der Waals surface area contributed by atoms with Crippen molar-refractivity contribution in [3.63, 3.8) is 0 Å². The molecule has 0 N–H and O–H groups in total. The molecule has 0 heteroatoms. The number of rotatable bonds is 8. The summed E-state index contributed by atoms with van der Waals surface area (Å²) < 4.78 is 0. The summed E-state index contributed by atoms with van der Waals surface area (Å²) in [5, 5.41) is 0. The van der Waals surface area contributed by atoms with E-state index in [9.17, 15) is 0 Å². The van der Waals surface area contributed by atoms with Gasteiger partial charge in [0.2, 0.25) is 0 Å². The van der Waals surface area contributed by atoms with Gasteiger partial charge in [-0.3, -0.25) is 0 Å². The lowest BCUT2D eigenvalue weighted by Gasteiger charge is -2.03. The van der Waals surface area contributed by atoms with Crippen LogP contribution in [0.25, 0.3) is 0 Å². The summed E-state index contributed by atoms with van der Waals surface area (Å²) in [7, 11) is 0. The molecule has 0 bridgehead atoms. The van der Waals surface area contributed by atoms with Crippen molar-refractivity contribution in [3.8, 4) is 0 Å². The van der Waals surface area contributed by atoms with Gasteiger partial charge in [-0.1, -0.05) is 56.6 Å². The van der Waals surface area contributed by atoms with Crippen LogP contribution in [0.5, 0.6) is 0 Å². The summed E-state index contributed by atoms with van der Waals surface area (Å²) in [6.07, 6.45) is 11.0. The van der Waals surface area contributed by atoms with Crippen LogP contribution in [0.1, 0.15) is 72.1 Å². The van der Waals surface area contributed by atoms with Gasteiger partial charge in [0.05, 0.1) is 0 Å². The monoisotopic (exact) mass is 195 g/mol. The van der Waals surface area contributed by atoms with Gasteiger partial charge in [0.1, 0.15) is 0 Å². The van der Waals surface area contributed by atoms with E-state index in [1.807, 2.05) is 0 Å². The molecule has 0 fully saturated rings. The Balaban J connectivity index is 3.18. The Morgan fingerprint density at radius 3 is 1.86 bits per heavy atom. The Bertz CT molecular complexity index is 149. The first kappa shape index (κ1) is 13.7. The minimum atomic E-state index is 1.25. The third kappa shape index (κ3) is 8.34. The Morgan fingerprint density at radius 1 is 0.857 bits per heavy atom. The third-order valence-electron chi connectivity index (χ3n) is 2.88. The largest absolute Gasteiger partial charge is 0.0744 e. The van der Waals surface area contributed by atoms with Gasteiger partial charge < -0.3 is 0 Å². The van der Waals surface area contributed by atoms with E-state index in [1.54, 1.807) is 0 Å². The van der Waals surface area contributed by atoms with E-state index in [0.717, 1.165) is 0 Å². The van der Waals surface area contributed by atoms with Crippen LogP contribution in [0.4, 0.5) is 0 Å². The first-order valence-corrected chi connectivity index (χ1v) is 6.16. The predicted molar refractivity (Wildman–Crippen MR) is 66.3 cm³/mol. The SMILES string of the molecule is [CH2]C(C)=C(C)CCCCCCCCC. The summed E-state index contributed by atoms with van der Waals surface area (Å²) in [6.45, 7) is 10.5. The van der Waals surface area contributed by atoms with E-state index in [4.69, 9.17) is 0 Å². The number of hydrogen-bond donors (Lipinski definition) is 0. The Morgan fingerprint density at radius 2 is 1.36 bits per heavy atom. The second kappa shape index (κ2) is 9.30. The maximum Gasteiger partial charge on any atom is -0.0283 e. The molecule has 0 aromatic rings. The van der Waals surface area contributed by atoms with Crippen LogP contribution in [0.15, 0.2) is 11.1 Å². The lowest BCUT2D eigenvalue weighted by Crippen LogP contribution is -1.83. The molecule has 1 radical (unpaired) electrons. The lowest BCUT2D eigenvalue weighted by molar-refractivity contribution is 0.588. The Kier molecular flexibility index (Phi) is 9.13. The van der Waals surface area contributed by atoms with Crippen molar-refractivity contribution in [1.82, 2.24) is 0 Å². The van der Waals surface area contributed by atoms with E-state index < -0.39 is 0 Å². The van der Waals surface area contributed by atoms with E-state index in [1.165, 1.54) is 62.5 Å². The van der Waals surface area contributed by atoms with Gasteiger partial charge in [-0.25, -0.2) is 0 Å². The smallest absolute Gasteiger partial charge is 0.0283 e. The number of unbranched alkanes of at least 4 members (excludes halogenated alkanes) is 6. The summed E-state index contributed by atoms with van der Waals surface area (Å²) in [5.41, 5.74) is 2.74. The molecule has 0 atom stereocenters. The Labute approximate surface area is 90.8 Å². The van der Waals surface area contributed by atoms with E-state index in [0.29, 0.717) is 0 Å². The first-order chi connectivity index (χ1) is 6.68. The van der Waals surface area contributed by atoms with E-state index in [-0.39, 0.29) is 0 Å². The maximum absolute atomic E-state index is 3.96. The van der Waals surface area contributed by atoms with Crippen LogP contribution < -0.4 is 0 Å². The third-order valence-corrected chi connectivity index (χ3v) is 2.88. The second-order valence-electron chi connectivity index (χ2n) is 4.43. The first-order valence-electron chi connectivity index (χ1n) is 6.16. The molecular weight excluding hydrogens is 168 g/mol. The second-order valence-corrected chi connectivity index (χ2v) is 4.43. The van der Waals surface area contributed by atoms with Gasteiger partial charge >= 0.3 is 0 Å². The molecule has 14 heavy (non-hydrogen) atoms. The molecule has 0 aliphatic heterocycles. The molecule has 0 aromatic heterocycles. The van der Waals surface area contributed by atoms with Crippen molar-refractivity contribution in [1.29, 1.82) is 0 Å². The van der Waals surface area contributed by atoms with Crippen molar-refractivity contribution >= 4 is 0 Å². The molecule has 0 amide bonds. The molecule has 83 valence electrons. The minimum absolute atomic E-state index is 1.25. The fourth-order valence-electron chi connectivity index (χ4n) is 1.56. The zero-order valence-corrected chi connectivity index (χ0v) is 10.4. The van der Waals surface area contributed by atoms with Gasteiger partial charge in [0, 0.05) is 0 Å².